The highest BCUT2D eigenvalue weighted by Crippen LogP contribution is 2.36. The van der Waals surface area contributed by atoms with Gasteiger partial charge in [0.15, 0.2) is 11.5 Å². The average molecular weight is 468 g/mol. The lowest BCUT2D eigenvalue weighted by atomic mass is 10.1. The summed E-state index contributed by atoms with van der Waals surface area (Å²) in [4.78, 5) is 26.2. The summed E-state index contributed by atoms with van der Waals surface area (Å²) in [5.74, 6) is -0.438. The number of amides is 1. The number of nitrogens with one attached hydrogen (secondary N) is 1. The van der Waals surface area contributed by atoms with Gasteiger partial charge in [-0.15, -0.1) is 0 Å². The molecule has 0 saturated carbocycles. The predicted molar refractivity (Wildman–Crippen MR) is 126 cm³/mol. The second-order valence-electron chi connectivity index (χ2n) is 7.07. The second kappa shape index (κ2) is 9.47. The fourth-order valence-corrected chi connectivity index (χ4v) is 3.86. The maximum Gasteiger partial charge on any atom is 0.255 e. The maximum atomic E-state index is 13.1. The third-order valence-electron chi connectivity index (χ3n) is 4.79. The molecule has 0 fully saturated rings. The smallest absolute Gasteiger partial charge is 0.255 e. The van der Waals surface area contributed by atoms with Crippen LogP contribution in [0.1, 0.15) is 39.8 Å². The van der Waals surface area contributed by atoms with Crippen molar-refractivity contribution in [2.75, 3.05) is 11.9 Å². The first kappa shape index (κ1) is 21.9. The van der Waals surface area contributed by atoms with Crippen LogP contribution >= 0.6 is 23.2 Å². The van der Waals surface area contributed by atoms with Crippen LogP contribution in [0.2, 0.25) is 10.0 Å². The molecule has 1 amide bonds. The first-order valence-corrected chi connectivity index (χ1v) is 10.8. The summed E-state index contributed by atoms with van der Waals surface area (Å²) in [6.07, 6.45) is 0.792. The van der Waals surface area contributed by atoms with E-state index in [0.29, 0.717) is 28.9 Å². The van der Waals surface area contributed by atoms with Gasteiger partial charge in [0.25, 0.3) is 5.91 Å². The highest BCUT2D eigenvalue weighted by atomic mass is 35.5. The van der Waals surface area contributed by atoms with Gasteiger partial charge in [0.2, 0.25) is 5.78 Å². The van der Waals surface area contributed by atoms with Crippen LogP contribution < -0.4 is 10.1 Å². The summed E-state index contributed by atoms with van der Waals surface area (Å²) in [5.41, 5.74) is 1.46. The monoisotopic (exact) mass is 467 g/mol. The van der Waals surface area contributed by atoms with Gasteiger partial charge in [-0.2, -0.15) is 0 Å². The molecule has 0 spiro atoms. The van der Waals surface area contributed by atoms with E-state index in [1.807, 2.05) is 13.0 Å². The molecule has 5 nitrogen and oxygen atoms in total. The van der Waals surface area contributed by atoms with Crippen molar-refractivity contribution >= 4 is 51.5 Å². The van der Waals surface area contributed by atoms with E-state index in [9.17, 15) is 9.59 Å². The lowest BCUT2D eigenvalue weighted by Crippen LogP contribution is -2.14. The van der Waals surface area contributed by atoms with Crippen LogP contribution in [0.4, 0.5) is 5.69 Å². The first-order chi connectivity index (χ1) is 15.5. The number of hydrogen-bond acceptors (Lipinski definition) is 4. The van der Waals surface area contributed by atoms with Gasteiger partial charge in [-0.1, -0.05) is 72.6 Å². The van der Waals surface area contributed by atoms with Crippen molar-refractivity contribution in [2.45, 2.75) is 13.3 Å². The third-order valence-corrected chi connectivity index (χ3v) is 5.35. The molecule has 1 aromatic heterocycles. The molecular weight excluding hydrogens is 449 g/mol. The van der Waals surface area contributed by atoms with Crippen LogP contribution in [0.25, 0.3) is 11.0 Å². The highest BCUT2D eigenvalue weighted by Gasteiger charge is 2.24. The SMILES string of the molecule is CCCOc1c(Cl)cc(C(=O)Nc2c(C(=O)c3ccccc3)oc3ccccc23)cc1Cl. The van der Waals surface area contributed by atoms with Gasteiger partial charge < -0.3 is 14.5 Å². The Hall–Kier alpha value is -3.28. The van der Waals surface area contributed by atoms with E-state index in [4.69, 9.17) is 32.4 Å². The van der Waals surface area contributed by atoms with Crippen LogP contribution in [0.15, 0.2) is 71.1 Å². The highest BCUT2D eigenvalue weighted by molar-refractivity contribution is 6.38. The quantitative estimate of drug-likeness (QED) is 0.296. The zero-order valence-electron chi connectivity index (χ0n) is 17.2. The minimum absolute atomic E-state index is 0.0471. The molecule has 1 N–H and O–H groups in total. The molecule has 0 aliphatic carbocycles. The van der Waals surface area contributed by atoms with Crippen molar-refractivity contribution in [2.24, 2.45) is 0 Å². The van der Waals surface area contributed by atoms with Gasteiger partial charge in [-0.05, 0) is 30.7 Å². The Morgan fingerprint density at radius 2 is 1.59 bits per heavy atom. The lowest BCUT2D eigenvalue weighted by molar-refractivity contribution is 0.101. The summed E-state index contributed by atoms with van der Waals surface area (Å²) in [7, 11) is 0. The number of carbonyl (C=O) groups excluding carboxylic acids is 2. The number of ether oxygens (including phenoxy) is 1. The molecule has 32 heavy (non-hydrogen) atoms. The third kappa shape index (κ3) is 4.35. The normalized spacial score (nSPS) is 10.8. The zero-order chi connectivity index (χ0) is 22.7. The summed E-state index contributed by atoms with van der Waals surface area (Å²) in [6, 6.07) is 18.8. The molecular formula is C25H19Cl2NO4. The van der Waals surface area contributed by atoms with E-state index < -0.39 is 5.91 Å². The minimum Gasteiger partial charge on any atom is -0.490 e. The molecule has 4 aromatic rings. The van der Waals surface area contributed by atoms with Crippen molar-refractivity contribution in [3.05, 3.63) is 93.7 Å². The average Bonchev–Trinajstić information content (AvgIpc) is 3.17. The summed E-state index contributed by atoms with van der Waals surface area (Å²) < 4.78 is 11.4. The summed E-state index contributed by atoms with van der Waals surface area (Å²) in [6.45, 7) is 2.42. The Morgan fingerprint density at radius 3 is 2.28 bits per heavy atom. The molecule has 0 unspecified atom stereocenters. The Morgan fingerprint density at radius 1 is 0.938 bits per heavy atom. The summed E-state index contributed by atoms with van der Waals surface area (Å²) >= 11 is 12.6. The van der Waals surface area contributed by atoms with Crippen molar-refractivity contribution in [3.63, 3.8) is 0 Å². The maximum absolute atomic E-state index is 13.1. The molecule has 0 aliphatic rings. The summed E-state index contributed by atoms with van der Waals surface area (Å²) in [5, 5.41) is 3.88. The molecule has 162 valence electrons. The standard InChI is InChI=1S/C25H19Cl2NO4/c1-2-12-31-23-18(26)13-16(14-19(23)27)25(30)28-21-17-10-6-7-11-20(17)32-24(21)22(29)15-8-4-3-5-9-15/h3-11,13-14H,2,12H2,1H3,(H,28,30). The lowest BCUT2D eigenvalue weighted by Gasteiger charge is -2.11. The minimum atomic E-state index is -0.482. The van der Waals surface area contributed by atoms with E-state index in [1.165, 1.54) is 12.1 Å². The molecule has 1 heterocycles. The number of benzene rings is 3. The number of anilines is 1. The van der Waals surface area contributed by atoms with Crippen LogP contribution in [0.3, 0.4) is 0 Å². The number of hydrogen-bond donors (Lipinski definition) is 1. The van der Waals surface area contributed by atoms with Gasteiger partial charge in [-0.25, -0.2) is 0 Å². The van der Waals surface area contributed by atoms with Crippen LogP contribution in [0.5, 0.6) is 5.75 Å². The van der Waals surface area contributed by atoms with Gasteiger partial charge in [0.05, 0.1) is 22.3 Å². The Labute approximate surface area is 194 Å². The molecule has 3 aromatic carbocycles. The predicted octanol–water partition coefficient (Wildman–Crippen LogP) is 7.01. The van der Waals surface area contributed by atoms with Crippen LogP contribution in [-0.2, 0) is 0 Å². The number of furan rings is 1. The van der Waals surface area contributed by atoms with Crippen LogP contribution in [0, 0.1) is 0 Å². The van der Waals surface area contributed by atoms with Crippen molar-refractivity contribution in [1.82, 2.24) is 0 Å². The fraction of sp³-hybridized carbons (Fsp3) is 0.120. The Bertz CT molecular complexity index is 1280. The number of halogens is 2. The molecule has 7 heteroatoms. The topological polar surface area (TPSA) is 68.5 Å². The fourth-order valence-electron chi connectivity index (χ4n) is 3.27. The molecule has 0 aliphatic heterocycles. The number of fused-ring (bicyclic) bond motifs is 1. The number of rotatable bonds is 7. The Kier molecular flexibility index (Phi) is 6.49. The van der Waals surface area contributed by atoms with E-state index >= 15 is 0 Å². The molecule has 0 radical (unpaired) electrons. The molecule has 4 rings (SSSR count). The Balaban J connectivity index is 1.71. The molecule has 0 saturated heterocycles. The van der Waals surface area contributed by atoms with E-state index in [-0.39, 0.29) is 32.8 Å². The molecule has 0 bridgehead atoms. The van der Waals surface area contributed by atoms with Gasteiger partial charge in [0.1, 0.15) is 5.58 Å². The number of para-hydroxylation sites is 1. The van der Waals surface area contributed by atoms with E-state index in [0.717, 1.165) is 6.42 Å². The largest absolute Gasteiger partial charge is 0.490 e. The number of ketones is 1. The number of carbonyl (C=O) groups is 2. The van der Waals surface area contributed by atoms with Gasteiger partial charge in [-0.3, -0.25) is 9.59 Å². The van der Waals surface area contributed by atoms with Gasteiger partial charge >= 0.3 is 0 Å². The van der Waals surface area contributed by atoms with Crippen LogP contribution in [-0.4, -0.2) is 18.3 Å². The van der Waals surface area contributed by atoms with Crippen molar-refractivity contribution in [1.29, 1.82) is 0 Å². The van der Waals surface area contributed by atoms with E-state index in [1.54, 1.807) is 48.5 Å². The second-order valence-corrected chi connectivity index (χ2v) is 7.88. The first-order valence-electron chi connectivity index (χ1n) is 10.0. The zero-order valence-corrected chi connectivity index (χ0v) is 18.7. The van der Waals surface area contributed by atoms with Gasteiger partial charge in [0, 0.05) is 16.5 Å². The van der Waals surface area contributed by atoms with Crippen molar-refractivity contribution < 1.29 is 18.7 Å². The van der Waals surface area contributed by atoms with Crippen molar-refractivity contribution in [3.8, 4) is 5.75 Å². The van der Waals surface area contributed by atoms with E-state index in [2.05, 4.69) is 5.32 Å². The molecule has 0 atom stereocenters.